The third-order valence-electron chi connectivity index (χ3n) is 2.49. The van der Waals surface area contributed by atoms with Gasteiger partial charge in [-0.2, -0.15) is 0 Å². The SMILES string of the molecule is CN(C)S(=O)(=O)CCNCC1CCCO1. The lowest BCUT2D eigenvalue weighted by molar-refractivity contribution is 0.110. The second-order valence-corrected chi connectivity index (χ2v) is 6.24. The minimum Gasteiger partial charge on any atom is -0.377 e. The Morgan fingerprint density at radius 3 is 2.73 bits per heavy atom. The minimum atomic E-state index is -3.06. The monoisotopic (exact) mass is 236 g/mol. The van der Waals surface area contributed by atoms with Crippen molar-refractivity contribution in [3.63, 3.8) is 0 Å². The van der Waals surface area contributed by atoms with Crippen LogP contribution in [0.2, 0.25) is 0 Å². The van der Waals surface area contributed by atoms with Crippen LogP contribution in [-0.2, 0) is 14.8 Å². The number of hydrogen-bond acceptors (Lipinski definition) is 4. The van der Waals surface area contributed by atoms with Crippen molar-refractivity contribution in [1.82, 2.24) is 9.62 Å². The molecule has 1 rings (SSSR count). The molecular weight excluding hydrogens is 216 g/mol. The Bertz CT molecular complexity index is 271. The summed E-state index contributed by atoms with van der Waals surface area (Å²) in [6.45, 7) is 2.08. The van der Waals surface area contributed by atoms with Crippen molar-refractivity contribution in [1.29, 1.82) is 0 Å². The fourth-order valence-corrected chi connectivity index (χ4v) is 2.22. The Labute approximate surface area is 91.8 Å². The van der Waals surface area contributed by atoms with E-state index in [9.17, 15) is 8.42 Å². The van der Waals surface area contributed by atoms with Crippen LogP contribution >= 0.6 is 0 Å². The Morgan fingerprint density at radius 1 is 1.47 bits per heavy atom. The average Bonchev–Trinajstić information content (AvgIpc) is 2.64. The summed E-state index contributed by atoms with van der Waals surface area (Å²) < 4.78 is 29.4. The lowest BCUT2D eigenvalue weighted by Gasteiger charge is -2.13. The van der Waals surface area contributed by atoms with Gasteiger partial charge in [0.25, 0.3) is 0 Å². The van der Waals surface area contributed by atoms with E-state index < -0.39 is 10.0 Å². The van der Waals surface area contributed by atoms with Gasteiger partial charge in [0.05, 0.1) is 11.9 Å². The number of rotatable bonds is 6. The molecule has 0 spiro atoms. The Balaban J connectivity index is 2.11. The number of sulfonamides is 1. The quantitative estimate of drug-likeness (QED) is 0.640. The molecule has 0 aromatic carbocycles. The fourth-order valence-electron chi connectivity index (χ4n) is 1.45. The van der Waals surface area contributed by atoms with E-state index in [2.05, 4.69) is 5.32 Å². The molecule has 0 aliphatic carbocycles. The molecule has 0 bridgehead atoms. The van der Waals surface area contributed by atoms with Gasteiger partial charge in [-0.3, -0.25) is 0 Å². The molecule has 0 saturated carbocycles. The summed E-state index contributed by atoms with van der Waals surface area (Å²) in [7, 11) is 0.0381. The highest BCUT2D eigenvalue weighted by atomic mass is 32.2. The van der Waals surface area contributed by atoms with Gasteiger partial charge < -0.3 is 10.1 Å². The second kappa shape index (κ2) is 5.79. The maximum absolute atomic E-state index is 11.4. The van der Waals surface area contributed by atoms with Gasteiger partial charge in [0.15, 0.2) is 0 Å². The molecule has 0 radical (unpaired) electrons. The van der Waals surface area contributed by atoms with Crippen LogP contribution in [0.4, 0.5) is 0 Å². The van der Waals surface area contributed by atoms with Crippen LogP contribution in [0, 0.1) is 0 Å². The molecule has 0 aromatic rings. The first-order chi connectivity index (χ1) is 7.02. The molecule has 90 valence electrons. The summed E-state index contributed by atoms with van der Waals surface area (Å²) >= 11 is 0. The van der Waals surface area contributed by atoms with E-state index in [4.69, 9.17) is 4.74 Å². The standard InChI is InChI=1S/C9H20N2O3S/c1-11(2)15(12,13)7-5-10-8-9-4-3-6-14-9/h9-10H,3-8H2,1-2H3. The second-order valence-electron chi connectivity index (χ2n) is 3.94. The first-order valence-corrected chi connectivity index (χ1v) is 6.86. The van der Waals surface area contributed by atoms with E-state index >= 15 is 0 Å². The molecule has 1 saturated heterocycles. The lowest BCUT2D eigenvalue weighted by Crippen LogP contribution is -2.34. The first-order valence-electron chi connectivity index (χ1n) is 5.25. The Morgan fingerprint density at radius 2 is 2.20 bits per heavy atom. The number of nitrogens with one attached hydrogen (secondary N) is 1. The van der Waals surface area contributed by atoms with Gasteiger partial charge in [-0.05, 0) is 12.8 Å². The lowest BCUT2D eigenvalue weighted by atomic mass is 10.2. The molecule has 0 amide bonds. The summed E-state index contributed by atoms with van der Waals surface area (Å²) in [4.78, 5) is 0. The van der Waals surface area contributed by atoms with Gasteiger partial charge in [0.2, 0.25) is 10.0 Å². The summed E-state index contributed by atoms with van der Waals surface area (Å²) in [5.74, 6) is 0.146. The van der Waals surface area contributed by atoms with Crippen molar-refractivity contribution in [2.45, 2.75) is 18.9 Å². The molecule has 5 nitrogen and oxygen atoms in total. The Hall–Kier alpha value is -0.170. The van der Waals surface area contributed by atoms with Crippen molar-refractivity contribution in [3.05, 3.63) is 0 Å². The van der Waals surface area contributed by atoms with Crippen LogP contribution in [0.5, 0.6) is 0 Å². The van der Waals surface area contributed by atoms with Gasteiger partial charge in [-0.1, -0.05) is 0 Å². The van der Waals surface area contributed by atoms with Crippen molar-refractivity contribution >= 4 is 10.0 Å². The van der Waals surface area contributed by atoms with Crippen LogP contribution < -0.4 is 5.32 Å². The third kappa shape index (κ3) is 4.46. The molecular formula is C9H20N2O3S. The van der Waals surface area contributed by atoms with E-state index in [1.165, 1.54) is 4.31 Å². The normalized spacial score (nSPS) is 22.5. The molecule has 1 unspecified atom stereocenters. The average molecular weight is 236 g/mol. The van der Waals surface area contributed by atoms with E-state index in [0.717, 1.165) is 26.0 Å². The van der Waals surface area contributed by atoms with Gasteiger partial charge in [0, 0.05) is 33.8 Å². The highest BCUT2D eigenvalue weighted by Crippen LogP contribution is 2.10. The summed E-state index contributed by atoms with van der Waals surface area (Å²) in [5, 5.41) is 3.11. The largest absolute Gasteiger partial charge is 0.377 e. The third-order valence-corrected chi connectivity index (χ3v) is 4.32. The van der Waals surface area contributed by atoms with Gasteiger partial charge in [0.1, 0.15) is 0 Å². The molecule has 1 heterocycles. The molecule has 15 heavy (non-hydrogen) atoms. The zero-order valence-electron chi connectivity index (χ0n) is 9.40. The first kappa shape index (κ1) is 12.9. The van der Waals surface area contributed by atoms with Crippen molar-refractivity contribution in [2.24, 2.45) is 0 Å². The minimum absolute atomic E-state index is 0.146. The van der Waals surface area contributed by atoms with Crippen LogP contribution in [0.15, 0.2) is 0 Å². The van der Waals surface area contributed by atoms with Crippen LogP contribution in [-0.4, -0.2) is 58.4 Å². The van der Waals surface area contributed by atoms with Crippen LogP contribution in [0.1, 0.15) is 12.8 Å². The number of nitrogens with zero attached hydrogens (tertiary/aromatic N) is 1. The molecule has 1 aliphatic rings. The molecule has 1 fully saturated rings. The van der Waals surface area contributed by atoms with Crippen molar-refractivity contribution in [2.75, 3.05) is 39.5 Å². The molecule has 1 aliphatic heterocycles. The van der Waals surface area contributed by atoms with E-state index in [1.54, 1.807) is 14.1 Å². The highest BCUT2D eigenvalue weighted by Gasteiger charge is 2.16. The summed E-state index contributed by atoms with van der Waals surface area (Å²) in [6.07, 6.45) is 2.46. The molecule has 1 N–H and O–H groups in total. The Kier molecular flexibility index (Phi) is 4.98. The van der Waals surface area contributed by atoms with Gasteiger partial charge in [-0.15, -0.1) is 0 Å². The highest BCUT2D eigenvalue weighted by molar-refractivity contribution is 7.89. The van der Waals surface area contributed by atoms with Crippen LogP contribution in [0.25, 0.3) is 0 Å². The maximum Gasteiger partial charge on any atom is 0.214 e. The number of hydrogen-bond donors (Lipinski definition) is 1. The van der Waals surface area contributed by atoms with Crippen LogP contribution in [0.3, 0.4) is 0 Å². The zero-order chi connectivity index (χ0) is 11.3. The fraction of sp³-hybridized carbons (Fsp3) is 1.00. The van der Waals surface area contributed by atoms with Crippen molar-refractivity contribution < 1.29 is 13.2 Å². The smallest absolute Gasteiger partial charge is 0.214 e. The summed E-state index contributed by atoms with van der Waals surface area (Å²) in [6, 6.07) is 0. The van der Waals surface area contributed by atoms with Gasteiger partial charge in [-0.25, -0.2) is 12.7 Å². The summed E-state index contributed by atoms with van der Waals surface area (Å²) in [5.41, 5.74) is 0. The van der Waals surface area contributed by atoms with Crippen molar-refractivity contribution in [3.8, 4) is 0 Å². The predicted octanol–water partition coefficient (Wildman–Crippen LogP) is -0.354. The topological polar surface area (TPSA) is 58.6 Å². The van der Waals surface area contributed by atoms with E-state index in [0.29, 0.717) is 6.54 Å². The predicted molar refractivity (Wildman–Crippen MR) is 59.3 cm³/mol. The molecule has 0 aromatic heterocycles. The van der Waals surface area contributed by atoms with E-state index in [1.807, 2.05) is 0 Å². The molecule has 6 heteroatoms. The van der Waals surface area contributed by atoms with E-state index in [-0.39, 0.29) is 11.9 Å². The zero-order valence-corrected chi connectivity index (χ0v) is 10.2. The van der Waals surface area contributed by atoms with Gasteiger partial charge >= 0.3 is 0 Å². The molecule has 1 atom stereocenters. The maximum atomic E-state index is 11.4. The number of ether oxygens (including phenoxy) is 1.